The van der Waals surface area contributed by atoms with E-state index in [1.165, 1.54) is 0 Å². The van der Waals surface area contributed by atoms with Crippen molar-refractivity contribution in [3.63, 3.8) is 0 Å². The summed E-state index contributed by atoms with van der Waals surface area (Å²) < 4.78 is 19.2. The third kappa shape index (κ3) is 4.96. The molecule has 1 aromatic heterocycles. The molecule has 0 saturated heterocycles. The average molecular weight is 478 g/mol. The lowest BCUT2D eigenvalue weighted by Crippen LogP contribution is -2.17. The molecule has 0 bridgehead atoms. The molecule has 0 atom stereocenters. The van der Waals surface area contributed by atoms with Gasteiger partial charge in [-0.05, 0) is 41.0 Å². The number of aryl methyl sites for hydroxylation is 1. The minimum atomic E-state index is -0.0937. The quantitative estimate of drug-likeness (QED) is 0.261. The molecule has 0 spiro atoms. The lowest BCUT2D eigenvalue weighted by Gasteiger charge is -2.15. The van der Waals surface area contributed by atoms with Gasteiger partial charge >= 0.3 is 0 Å². The number of pyridine rings is 1. The van der Waals surface area contributed by atoms with Crippen LogP contribution in [0.4, 0.5) is 0 Å². The fraction of sp³-hybridized carbons (Fsp3) is 0.129. The number of fused-ring (bicyclic) bond motifs is 1. The van der Waals surface area contributed by atoms with E-state index in [9.17, 15) is 4.79 Å². The molecule has 0 amide bonds. The van der Waals surface area contributed by atoms with Crippen molar-refractivity contribution >= 4 is 10.8 Å². The molecule has 5 rings (SSSR count). The number of nitrogens with zero attached hydrogens (tertiary/aromatic N) is 1. The Labute approximate surface area is 210 Å². The molecule has 5 aromatic rings. The van der Waals surface area contributed by atoms with Crippen LogP contribution < -0.4 is 19.8 Å². The molecular weight excluding hydrogens is 450 g/mol. The Morgan fingerprint density at radius 3 is 1.89 bits per heavy atom. The van der Waals surface area contributed by atoms with Gasteiger partial charge in [0.1, 0.15) is 19.0 Å². The van der Waals surface area contributed by atoms with E-state index in [0.717, 1.165) is 33.4 Å². The van der Waals surface area contributed by atoms with E-state index in [2.05, 4.69) is 0 Å². The van der Waals surface area contributed by atoms with Gasteiger partial charge in [-0.3, -0.25) is 4.79 Å². The van der Waals surface area contributed by atoms with Crippen LogP contribution in [0.3, 0.4) is 0 Å². The van der Waals surface area contributed by atoms with Gasteiger partial charge in [-0.1, -0.05) is 72.8 Å². The van der Waals surface area contributed by atoms with Gasteiger partial charge in [-0.25, -0.2) is 0 Å². The van der Waals surface area contributed by atoms with E-state index in [0.29, 0.717) is 30.1 Å². The minimum absolute atomic E-state index is 0.0937. The van der Waals surface area contributed by atoms with Gasteiger partial charge in [0.25, 0.3) is 5.56 Å². The van der Waals surface area contributed by atoms with Crippen LogP contribution in [0.25, 0.3) is 21.9 Å². The lowest BCUT2D eigenvalue weighted by molar-refractivity contribution is 0.285. The largest absolute Gasteiger partial charge is 0.493 e. The lowest BCUT2D eigenvalue weighted by atomic mass is 10.00. The molecule has 0 N–H and O–H groups in total. The molecule has 5 heteroatoms. The number of hydrogen-bond acceptors (Lipinski definition) is 4. The molecule has 5 nitrogen and oxygen atoms in total. The molecule has 1 heterocycles. The van der Waals surface area contributed by atoms with Crippen molar-refractivity contribution in [3.05, 3.63) is 125 Å². The summed E-state index contributed by atoms with van der Waals surface area (Å²) in [5.41, 5.74) is 3.96. The van der Waals surface area contributed by atoms with Crippen LogP contribution in [0.15, 0.2) is 108 Å². The smallest absolute Gasteiger partial charge is 0.258 e. The maximum Gasteiger partial charge on any atom is 0.258 e. The number of rotatable bonds is 8. The Balaban J connectivity index is 1.47. The topological polar surface area (TPSA) is 49.7 Å². The van der Waals surface area contributed by atoms with Crippen LogP contribution in [0, 0.1) is 0 Å². The summed E-state index contributed by atoms with van der Waals surface area (Å²) in [6.45, 7) is 0.888. The first-order valence-corrected chi connectivity index (χ1v) is 11.8. The third-order valence-electron chi connectivity index (χ3n) is 6.12. The van der Waals surface area contributed by atoms with Gasteiger partial charge in [0, 0.05) is 24.2 Å². The Kier molecular flexibility index (Phi) is 6.72. The van der Waals surface area contributed by atoms with Crippen molar-refractivity contribution in [3.8, 4) is 28.4 Å². The molecule has 0 aliphatic heterocycles. The van der Waals surface area contributed by atoms with Gasteiger partial charge in [0.15, 0.2) is 11.5 Å². The van der Waals surface area contributed by atoms with E-state index in [1.807, 2.05) is 97.2 Å². The normalized spacial score (nSPS) is 10.8. The summed E-state index contributed by atoms with van der Waals surface area (Å²) >= 11 is 0. The van der Waals surface area contributed by atoms with Gasteiger partial charge in [-0.2, -0.15) is 0 Å². The first-order chi connectivity index (χ1) is 17.6. The van der Waals surface area contributed by atoms with Crippen LogP contribution in [0.5, 0.6) is 17.2 Å². The van der Waals surface area contributed by atoms with Gasteiger partial charge in [-0.15, -0.1) is 0 Å². The second kappa shape index (κ2) is 10.4. The Hall–Kier alpha value is -4.51. The highest BCUT2D eigenvalue weighted by atomic mass is 16.5. The molecule has 0 aliphatic carbocycles. The third-order valence-corrected chi connectivity index (χ3v) is 6.12. The van der Waals surface area contributed by atoms with E-state index in [4.69, 9.17) is 14.2 Å². The van der Waals surface area contributed by atoms with E-state index < -0.39 is 0 Å². The summed E-state index contributed by atoms with van der Waals surface area (Å²) in [6, 6.07) is 31.5. The predicted molar refractivity (Wildman–Crippen MR) is 143 cm³/mol. The maximum atomic E-state index is 13.1. The highest BCUT2D eigenvalue weighted by Crippen LogP contribution is 2.36. The first-order valence-electron chi connectivity index (χ1n) is 11.8. The zero-order chi connectivity index (χ0) is 24.9. The van der Waals surface area contributed by atoms with Crippen molar-refractivity contribution < 1.29 is 14.2 Å². The predicted octanol–water partition coefficient (Wildman–Crippen LogP) is 6.37. The summed E-state index contributed by atoms with van der Waals surface area (Å²) in [5, 5.41) is 1.38. The van der Waals surface area contributed by atoms with Crippen molar-refractivity contribution in [2.75, 3.05) is 7.11 Å². The van der Waals surface area contributed by atoms with Crippen LogP contribution in [0.1, 0.15) is 11.1 Å². The van der Waals surface area contributed by atoms with Crippen LogP contribution in [-0.4, -0.2) is 11.7 Å². The standard InChI is InChI=1S/C31H27NO4/c1-32-19-28(24-13-15-25(16-14-24)35-20-22-9-5-3-6-10-22)26-17-29(34-2)30(18-27(26)31(32)33)36-21-23-11-7-4-8-12-23/h3-19H,20-21H2,1-2H3. The van der Waals surface area contributed by atoms with Crippen LogP contribution >= 0.6 is 0 Å². The number of aromatic nitrogens is 1. The molecule has 0 aliphatic rings. The number of ether oxygens (including phenoxy) is 3. The summed E-state index contributed by atoms with van der Waals surface area (Å²) in [4.78, 5) is 13.1. The second-order valence-corrected chi connectivity index (χ2v) is 8.58. The van der Waals surface area contributed by atoms with Crippen molar-refractivity contribution in [1.82, 2.24) is 4.57 Å². The summed E-state index contributed by atoms with van der Waals surface area (Å²) in [5.74, 6) is 1.90. The maximum absolute atomic E-state index is 13.1. The molecule has 4 aromatic carbocycles. The summed E-state index contributed by atoms with van der Waals surface area (Å²) in [6.07, 6.45) is 1.86. The first kappa shape index (κ1) is 23.2. The Morgan fingerprint density at radius 1 is 0.694 bits per heavy atom. The minimum Gasteiger partial charge on any atom is -0.493 e. The average Bonchev–Trinajstić information content (AvgIpc) is 2.94. The van der Waals surface area contributed by atoms with E-state index in [1.54, 1.807) is 24.8 Å². The van der Waals surface area contributed by atoms with Crippen LogP contribution in [0.2, 0.25) is 0 Å². The van der Waals surface area contributed by atoms with E-state index in [-0.39, 0.29) is 5.56 Å². The fourth-order valence-electron chi connectivity index (χ4n) is 4.18. The zero-order valence-corrected chi connectivity index (χ0v) is 20.3. The van der Waals surface area contributed by atoms with Crippen molar-refractivity contribution in [1.29, 1.82) is 0 Å². The molecule has 0 fully saturated rings. The molecular formula is C31H27NO4. The number of hydrogen-bond donors (Lipinski definition) is 0. The zero-order valence-electron chi connectivity index (χ0n) is 20.3. The number of methoxy groups -OCH3 is 1. The Bertz CT molecular complexity index is 1530. The monoisotopic (exact) mass is 477 g/mol. The van der Waals surface area contributed by atoms with Crippen molar-refractivity contribution in [2.45, 2.75) is 13.2 Å². The molecule has 180 valence electrons. The molecule has 0 saturated carbocycles. The summed E-state index contributed by atoms with van der Waals surface area (Å²) in [7, 11) is 3.37. The molecule has 0 unspecified atom stereocenters. The second-order valence-electron chi connectivity index (χ2n) is 8.58. The van der Waals surface area contributed by atoms with Gasteiger partial charge in [0.2, 0.25) is 0 Å². The fourth-order valence-corrected chi connectivity index (χ4v) is 4.18. The van der Waals surface area contributed by atoms with Crippen molar-refractivity contribution in [2.24, 2.45) is 7.05 Å². The van der Waals surface area contributed by atoms with E-state index >= 15 is 0 Å². The van der Waals surface area contributed by atoms with Crippen LogP contribution in [-0.2, 0) is 20.3 Å². The molecule has 36 heavy (non-hydrogen) atoms. The highest BCUT2D eigenvalue weighted by Gasteiger charge is 2.15. The molecule has 0 radical (unpaired) electrons. The Morgan fingerprint density at radius 2 is 1.28 bits per heavy atom. The highest BCUT2D eigenvalue weighted by molar-refractivity contribution is 5.97. The van der Waals surface area contributed by atoms with Gasteiger partial charge in [0.05, 0.1) is 12.5 Å². The SMILES string of the molecule is COc1cc2c(-c3ccc(OCc4ccccc4)cc3)cn(C)c(=O)c2cc1OCc1ccccc1. The number of benzene rings is 4. The van der Waals surface area contributed by atoms with Gasteiger partial charge < -0.3 is 18.8 Å².